The number of ether oxygens (including phenoxy) is 5. The van der Waals surface area contributed by atoms with Crippen LogP contribution in [-0.2, 0) is 0 Å². The Morgan fingerprint density at radius 3 is 0.833 bits per heavy atom. The molecule has 1 atom stereocenters. The van der Waals surface area contributed by atoms with Gasteiger partial charge in [0.25, 0.3) is 0 Å². The van der Waals surface area contributed by atoms with Crippen LogP contribution < -0.4 is 23.7 Å². The lowest BCUT2D eigenvalue weighted by Gasteiger charge is -2.31. The van der Waals surface area contributed by atoms with Crippen molar-refractivity contribution in [3.05, 3.63) is 355 Å². The summed E-state index contributed by atoms with van der Waals surface area (Å²) in [5.41, 5.74) is 11.7. The van der Waals surface area contributed by atoms with Crippen molar-refractivity contribution in [2.45, 2.75) is 11.8 Å². The topological polar surface area (TPSA) is 66.4 Å². The van der Waals surface area contributed by atoms with Crippen LogP contribution in [0.3, 0.4) is 0 Å². The van der Waals surface area contributed by atoms with Crippen molar-refractivity contribution in [1.82, 2.24) is 0 Å². The van der Waals surface area contributed by atoms with E-state index < -0.39 is 0 Å². The molecule has 1 unspecified atom stereocenters. The first-order chi connectivity index (χ1) is 44.5. The average molecular weight is 1160 g/mol. The molecule has 0 aliphatic carbocycles. The molecule has 428 valence electrons. The fraction of sp³-hybridized carbons (Fsp3) is 0.0238. The molecule has 15 aromatic rings. The maximum absolute atomic E-state index is 10.2. The van der Waals surface area contributed by atoms with Crippen molar-refractivity contribution >= 4 is 43.1 Å². The second kappa shape index (κ2) is 23.1. The fourth-order valence-electron chi connectivity index (χ4n) is 13.1. The molecule has 0 radical (unpaired) electrons. The Hall–Kier alpha value is -11.9. The van der Waals surface area contributed by atoms with E-state index in [2.05, 4.69) is 188 Å². The molecule has 0 amide bonds. The first kappa shape index (κ1) is 53.6. The van der Waals surface area contributed by atoms with Crippen LogP contribution in [0.15, 0.2) is 322 Å². The summed E-state index contributed by atoms with van der Waals surface area (Å²) >= 11 is 0. The van der Waals surface area contributed by atoms with Gasteiger partial charge in [-0.2, -0.15) is 0 Å². The van der Waals surface area contributed by atoms with E-state index in [1.807, 2.05) is 127 Å². The maximum atomic E-state index is 10.2. The molecule has 0 saturated heterocycles. The highest BCUT2D eigenvalue weighted by Gasteiger charge is 2.34. The molecule has 6 nitrogen and oxygen atoms in total. The molecule has 0 spiro atoms. The van der Waals surface area contributed by atoms with Crippen molar-refractivity contribution in [1.29, 1.82) is 0 Å². The zero-order valence-corrected chi connectivity index (χ0v) is 48.7. The van der Waals surface area contributed by atoms with Gasteiger partial charge in [-0.05, 0) is 186 Å². The third-order valence-electron chi connectivity index (χ3n) is 17.2. The maximum Gasteiger partial charge on any atom is 0.132 e. The monoisotopic (exact) mass is 1160 g/mol. The Kier molecular flexibility index (Phi) is 13.8. The molecule has 1 N–H and O–H groups in total. The lowest BCUT2D eigenvalue weighted by atomic mass is 9.78. The van der Waals surface area contributed by atoms with Gasteiger partial charge in [-0.3, -0.25) is 0 Å². The lowest BCUT2D eigenvalue weighted by molar-refractivity contribution is 0.455. The second-order valence-corrected chi connectivity index (χ2v) is 22.8. The summed E-state index contributed by atoms with van der Waals surface area (Å²) in [6.07, 6.45) is 0. The molecule has 17 rings (SSSR count). The molecule has 2 aliphatic rings. The van der Waals surface area contributed by atoms with E-state index in [-0.39, 0.29) is 17.6 Å². The molecule has 2 heterocycles. The zero-order valence-electron chi connectivity index (χ0n) is 48.7. The number of hydrogen-bond acceptors (Lipinski definition) is 6. The minimum atomic E-state index is -0.0774. The van der Waals surface area contributed by atoms with E-state index in [1.165, 1.54) is 33.4 Å². The predicted octanol–water partition coefficient (Wildman–Crippen LogP) is 23.0. The highest BCUT2D eigenvalue weighted by atomic mass is 16.5. The van der Waals surface area contributed by atoms with E-state index in [0.29, 0.717) is 0 Å². The number of fused-ring (bicyclic) bond motifs is 12. The quantitative estimate of drug-likeness (QED) is 0.147. The van der Waals surface area contributed by atoms with Gasteiger partial charge in [-0.1, -0.05) is 212 Å². The third-order valence-corrected chi connectivity index (χ3v) is 17.2. The van der Waals surface area contributed by atoms with Crippen molar-refractivity contribution < 1.29 is 28.8 Å². The normalized spacial score (nSPS) is 13.0. The molecule has 15 aromatic carbocycles. The Labute approximate surface area is 521 Å². The number of hydrogen-bond donors (Lipinski definition) is 1. The van der Waals surface area contributed by atoms with Crippen LogP contribution in [-0.4, -0.2) is 5.11 Å². The minimum Gasteiger partial charge on any atom is -0.508 e. The summed E-state index contributed by atoms with van der Waals surface area (Å²) in [5.74, 6) is 8.33. The molecule has 90 heavy (non-hydrogen) atoms. The van der Waals surface area contributed by atoms with Crippen LogP contribution in [0.25, 0.3) is 65.3 Å². The zero-order chi connectivity index (χ0) is 59.9. The molecular formula is C84H56O6. The third kappa shape index (κ3) is 10.3. The Morgan fingerprint density at radius 1 is 0.233 bits per heavy atom. The molecular weight excluding hydrogens is 1100 g/mol. The largest absolute Gasteiger partial charge is 0.508 e. The second-order valence-electron chi connectivity index (χ2n) is 22.8. The summed E-state index contributed by atoms with van der Waals surface area (Å²) in [6.45, 7) is 0. The molecule has 6 heteroatoms. The van der Waals surface area contributed by atoms with Gasteiger partial charge in [0.1, 0.15) is 63.2 Å². The Morgan fingerprint density at radius 2 is 0.511 bits per heavy atom. The summed E-state index contributed by atoms with van der Waals surface area (Å²) in [4.78, 5) is 0. The SMILES string of the molecule is Oc1ccc2c3c(ccc2c1)Oc1ccc2cc(Oc4ccccc4)ccc2c1C3c1ccc(-c2ccccc2)cc1.c1ccc(Oc2ccc3c4c(ccc3c2)Oc2ccc3cc(Oc5ccccc5)ccc3c2C4c2ccc(-c3ccccc3)cc2)cc1. The van der Waals surface area contributed by atoms with Gasteiger partial charge in [0.15, 0.2) is 0 Å². The molecule has 0 fully saturated rings. The number of phenolic OH excluding ortho intramolecular Hbond substituents is 1. The molecule has 0 saturated carbocycles. The predicted molar refractivity (Wildman–Crippen MR) is 363 cm³/mol. The lowest BCUT2D eigenvalue weighted by Crippen LogP contribution is -2.13. The van der Waals surface area contributed by atoms with Crippen LogP contribution in [0.1, 0.15) is 45.2 Å². The van der Waals surface area contributed by atoms with E-state index in [9.17, 15) is 5.11 Å². The minimum absolute atomic E-state index is 0.0669. The average Bonchev–Trinajstić information content (AvgIpc) is 0.760. The van der Waals surface area contributed by atoms with Gasteiger partial charge in [-0.25, -0.2) is 0 Å². The standard InChI is InChI=1S/C45H30O3.C39H26O3/c1-4-10-30(11-5-1)31-16-18-32(19-17-31)43-44-39-24-22-37(46-35-12-6-2-7-13-35)28-33(39)20-26-41(44)48-42-27-21-34-29-38(23-25-40(34)45(42)43)47-36-14-8-3-9-15-36;40-30-17-19-33-28(23-30)15-21-35-38(33)37(27-13-11-26(12-14-27)25-7-3-1-4-8-25)39-34-20-18-32(41-31-9-5-2-6-10-31)24-29(34)16-22-36(39)42-35/h1-29,43H;1-24,37,40H. The summed E-state index contributed by atoms with van der Waals surface area (Å²) < 4.78 is 31.9. The van der Waals surface area contributed by atoms with E-state index in [0.717, 1.165) is 123 Å². The van der Waals surface area contributed by atoms with Crippen LogP contribution in [0.2, 0.25) is 0 Å². The van der Waals surface area contributed by atoms with Crippen molar-refractivity contribution in [3.8, 4) is 85.5 Å². The van der Waals surface area contributed by atoms with Gasteiger partial charge >= 0.3 is 0 Å². The first-order valence-electron chi connectivity index (χ1n) is 30.3. The fourth-order valence-corrected chi connectivity index (χ4v) is 13.1. The van der Waals surface area contributed by atoms with Crippen molar-refractivity contribution in [3.63, 3.8) is 0 Å². The van der Waals surface area contributed by atoms with E-state index in [1.54, 1.807) is 6.07 Å². The van der Waals surface area contributed by atoms with Gasteiger partial charge in [0.05, 0.1) is 0 Å². The van der Waals surface area contributed by atoms with E-state index in [4.69, 9.17) is 23.7 Å². The van der Waals surface area contributed by atoms with Gasteiger partial charge < -0.3 is 28.8 Å². The number of benzene rings is 15. The van der Waals surface area contributed by atoms with Gasteiger partial charge in [0.2, 0.25) is 0 Å². The molecule has 0 bridgehead atoms. The summed E-state index contributed by atoms with van der Waals surface area (Å²) in [7, 11) is 0. The van der Waals surface area contributed by atoms with Crippen LogP contribution >= 0.6 is 0 Å². The highest BCUT2D eigenvalue weighted by Crippen LogP contribution is 2.55. The Bertz CT molecular complexity index is 5000. The summed E-state index contributed by atoms with van der Waals surface area (Å²) in [6, 6.07) is 110. The summed E-state index contributed by atoms with van der Waals surface area (Å²) in [5, 5.41) is 18.9. The van der Waals surface area contributed by atoms with Crippen LogP contribution in [0, 0.1) is 0 Å². The van der Waals surface area contributed by atoms with Crippen molar-refractivity contribution in [2.24, 2.45) is 0 Å². The van der Waals surface area contributed by atoms with Gasteiger partial charge in [0, 0.05) is 34.1 Å². The van der Waals surface area contributed by atoms with Gasteiger partial charge in [-0.15, -0.1) is 0 Å². The van der Waals surface area contributed by atoms with E-state index >= 15 is 0 Å². The Balaban J connectivity index is 0.000000145. The smallest absolute Gasteiger partial charge is 0.132 e. The van der Waals surface area contributed by atoms with Crippen molar-refractivity contribution in [2.75, 3.05) is 0 Å². The molecule has 0 aromatic heterocycles. The number of phenols is 1. The first-order valence-corrected chi connectivity index (χ1v) is 30.3. The van der Waals surface area contributed by atoms with Crippen LogP contribution in [0.5, 0.6) is 63.2 Å². The number of aromatic hydroxyl groups is 1. The number of rotatable bonds is 10. The number of para-hydroxylation sites is 3. The van der Waals surface area contributed by atoms with Crippen LogP contribution in [0.4, 0.5) is 0 Å². The molecule has 2 aliphatic heterocycles. The highest BCUT2D eigenvalue weighted by molar-refractivity contribution is 5.98.